The van der Waals surface area contributed by atoms with Crippen LogP contribution in [0.3, 0.4) is 0 Å². The van der Waals surface area contributed by atoms with Crippen molar-refractivity contribution >= 4 is 27.9 Å². The molecule has 0 saturated heterocycles. The zero-order chi connectivity index (χ0) is 22.8. The maximum atomic E-state index is 12.4. The smallest absolute Gasteiger partial charge is 0.338 e. The Bertz CT molecular complexity index is 902. The molecular formula is C23H28BrNO6. The molecule has 0 heterocycles. The molecule has 2 aromatic rings. The Morgan fingerprint density at radius 2 is 1.61 bits per heavy atom. The Morgan fingerprint density at radius 3 is 2.26 bits per heavy atom. The van der Waals surface area contributed by atoms with E-state index in [1.807, 2.05) is 23.1 Å². The van der Waals surface area contributed by atoms with Gasteiger partial charge in [-0.25, -0.2) is 4.79 Å². The quantitative estimate of drug-likeness (QED) is 0.434. The number of hydrogen-bond acceptors (Lipinski definition) is 7. The molecule has 0 aliphatic rings. The Kier molecular flexibility index (Phi) is 9.81. The summed E-state index contributed by atoms with van der Waals surface area (Å²) in [5, 5.41) is 0. The van der Waals surface area contributed by atoms with Gasteiger partial charge >= 0.3 is 11.9 Å². The molecule has 2 rings (SSSR count). The van der Waals surface area contributed by atoms with Crippen molar-refractivity contribution in [3.63, 3.8) is 0 Å². The summed E-state index contributed by atoms with van der Waals surface area (Å²) in [7, 11) is 3.17. The summed E-state index contributed by atoms with van der Waals surface area (Å²) in [6.45, 7) is 4.90. The van der Waals surface area contributed by atoms with E-state index in [9.17, 15) is 9.59 Å². The molecule has 0 amide bonds. The van der Waals surface area contributed by atoms with Crippen molar-refractivity contribution in [2.24, 2.45) is 0 Å². The van der Waals surface area contributed by atoms with Crippen LogP contribution in [0.5, 0.6) is 11.5 Å². The highest BCUT2D eigenvalue weighted by atomic mass is 79.9. The van der Waals surface area contributed by atoms with Crippen molar-refractivity contribution in [3.05, 3.63) is 57.6 Å². The average molecular weight is 494 g/mol. The van der Waals surface area contributed by atoms with Gasteiger partial charge in [0.25, 0.3) is 0 Å². The maximum absolute atomic E-state index is 12.4. The molecule has 8 heteroatoms. The number of halogens is 1. The standard InChI is InChI=1S/C23H28BrNO6/c1-5-30-22(26)15-25(13-16-7-9-19(28-3)12-21(16)29-4)14-17-11-18(24)8-10-20(17)23(27)31-6-2/h7-12H,5-6,13-15H2,1-4H3. The third-order valence-electron chi connectivity index (χ3n) is 4.50. The molecule has 0 bridgehead atoms. The first kappa shape index (κ1) is 24.7. The summed E-state index contributed by atoms with van der Waals surface area (Å²) in [5.74, 6) is 0.577. The Balaban J connectivity index is 2.36. The van der Waals surface area contributed by atoms with Crippen LogP contribution in [0.4, 0.5) is 0 Å². The summed E-state index contributed by atoms with van der Waals surface area (Å²) < 4.78 is 21.9. The highest BCUT2D eigenvalue weighted by Crippen LogP contribution is 2.27. The fourth-order valence-electron chi connectivity index (χ4n) is 3.12. The number of hydrogen-bond donors (Lipinski definition) is 0. The van der Waals surface area contributed by atoms with Gasteiger partial charge in [-0.15, -0.1) is 0 Å². The van der Waals surface area contributed by atoms with Gasteiger partial charge in [0.15, 0.2) is 0 Å². The highest BCUT2D eigenvalue weighted by Gasteiger charge is 2.20. The molecule has 168 valence electrons. The first-order valence-electron chi connectivity index (χ1n) is 9.96. The van der Waals surface area contributed by atoms with Gasteiger partial charge in [0, 0.05) is 29.2 Å². The van der Waals surface area contributed by atoms with Gasteiger partial charge in [-0.2, -0.15) is 0 Å². The van der Waals surface area contributed by atoms with E-state index in [4.69, 9.17) is 18.9 Å². The van der Waals surface area contributed by atoms with Crippen molar-refractivity contribution in [1.29, 1.82) is 0 Å². The largest absolute Gasteiger partial charge is 0.497 e. The molecule has 31 heavy (non-hydrogen) atoms. The Morgan fingerprint density at radius 1 is 0.903 bits per heavy atom. The zero-order valence-electron chi connectivity index (χ0n) is 18.3. The van der Waals surface area contributed by atoms with Crippen molar-refractivity contribution in [2.45, 2.75) is 26.9 Å². The highest BCUT2D eigenvalue weighted by molar-refractivity contribution is 9.10. The number of nitrogens with zero attached hydrogens (tertiary/aromatic N) is 1. The monoisotopic (exact) mass is 493 g/mol. The minimum absolute atomic E-state index is 0.0534. The first-order valence-corrected chi connectivity index (χ1v) is 10.8. The molecule has 0 aromatic heterocycles. The zero-order valence-corrected chi connectivity index (χ0v) is 19.9. The van der Waals surface area contributed by atoms with E-state index in [2.05, 4.69) is 15.9 Å². The van der Waals surface area contributed by atoms with Crippen LogP contribution < -0.4 is 9.47 Å². The van der Waals surface area contributed by atoms with Crippen molar-refractivity contribution < 1.29 is 28.5 Å². The molecule has 0 aliphatic carbocycles. The summed E-state index contributed by atoms with van der Waals surface area (Å²) >= 11 is 3.46. The number of carbonyl (C=O) groups is 2. The summed E-state index contributed by atoms with van der Waals surface area (Å²) in [6.07, 6.45) is 0. The minimum atomic E-state index is -0.400. The average Bonchev–Trinajstić information content (AvgIpc) is 2.74. The van der Waals surface area contributed by atoms with Gasteiger partial charge < -0.3 is 18.9 Å². The van der Waals surface area contributed by atoms with Gasteiger partial charge in [0.2, 0.25) is 0 Å². The summed E-state index contributed by atoms with van der Waals surface area (Å²) in [4.78, 5) is 26.6. The van der Waals surface area contributed by atoms with Crippen LogP contribution in [0.1, 0.15) is 35.3 Å². The number of methoxy groups -OCH3 is 2. The molecule has 0 radical (unpaired) electrons. The second-order valence-electron chi connectivity index (χ2n) is 6.65. The Hall–Kier alpha value is -2.58. The molecule has 0 atom stereocenters. The van der Waals surface area contributed by atoms with Crippen LogP contribution in [-0.2, 0) is 27.4 Å². The van der Waals surface area contributed by atoms with E-state index in [0.717, 1.165) is 15.6 Å². The molecule has 0 N–H and O–H groups in total. The van der Waals surface area contributed by atoms with E-state index in [1.54, 1.807) is 46.3 Å². The minimum Gasteiger partial charge on any atom is -0.497 e. The second-order valence-corrected chi connectivity index (χ2v) is 7.57. The van der Waals surface area contributed by atoms with E-state index < -0.39 is 5.97 Å². The summed E-state index contributed by atoms with van der Waals surface area (Å²) in [6, 6.07) is 10.9. The van der Waals surface area contributed by atoms with Gasteiger partial charge in [-0.05, 0) is 43.7 Å². The van der Waals surface area contributed by atoms with Crippen LogP contribution in [0.15, 0.2) is 40.9 Å². The molecule has 0 spiro atoms. The van der Waals surface area contributed by atoms with Gasteiger partial charge in [-0.3, -0.25) is 9.69 Å². The fraction of sp³-hybridized carbons (Fsp3) is 0.391. The van der Waals surface area contributed by atoms with Crippen molar-refractivity contribution in [2.75, 3.05) is 34.0 Å². The van der Waals surface area contributed by atoms with Crippen LogP contribution in [0, 0.1) is 0 Å². The van der Waals surface area contributed by atoms with E-state index in [-0.39, 0.29) is 19.1 Å². The number of rotatable bonds is 11. The summed E-state index contributed by atoms with van der Waals surface area (Å²) in [5.41, 5.74) is 2.07. The van der Waals surface area contributed by atoms with Gasteiger partial charge in [0.1, 0.15) is 11.5 Å². The molecule has 0 saturated carbocycles. The molecular weight excluding hydrogens is 466 g/mol. The molecule has 0 aliphatic heterocycles. The lowest BCUT2D eigenvalue weighted by atomic mass is 10.1. The van der Waals surface area contributed by atoms with Crippen LogP contribution >= 0.6 is 15.9 Å². The number of carbonyl (C=O) groups excluding carboxylic acids is 2. The third-order valence-corrected chi connectivity index (χ3v) is 5.00. The number of ether oxygens (including phenoxy) is 4. The van der Waals surface area contributed by atoms with E-state index in [0.29, 0.717) is 36.8 Å². The molecule has 0 fully saturated rings. The number of benzene rings is 2. The second kappa shape index (κ2) is 12.3. The van der Waals surface area contributed by atoms with Crippen molar-refractivity contribution in [3.8, 4) is 11.5 Å². The van der Waals surface area contributed by atoms with Crippen LogP contribution in [0.2, 0.25) is 0 Å². The lowest BCUT2D eigenvalue weighted by Crippen LogP contribution is -2.31. The Labute approximate surface area is 191 Å². The number of esters is 2. The van der Waals surface area contributed by atoms with E-state index in [1.165, 1.54) is 0 Å². The third kappa shape index (κ3) is 7.25. The molecule has 0 unspecified atom stereocenters. The predicted molar refractivity (Wildman–Crippen MR) is 120 cm³/mol. The normalized spacial score (nSPS) is 10.6. The topological polar surface area (TPSA) is 74.3 Å². The fourth-order valence-corrected chi connectivity index (χ4v) is 3.53. The molecule has 7 nitrogen and oxygen atoms in total. The van der Waals surface area contributed by atoms with Gasteiger partial charge in [-0.1, -0.05) is 22.0 Å². The lowest BCUT2D eigenvalue weighted by Gasteiger charge is -2.24. The molecule has 2 aromatic carbocycles. The van der Waals surface area contributed by atoms with Crippen molar-refractivity contribution in [1.82, 2.24) is 4.90 Å². The van der Waals surface area contributed by atoms with Gasteiger partial charge in [0.05, 0.1) is 39.5 Å². The maximum Gasteiger partial charge on any atom is 0.338 e. The lowest BCUT2D eigenvalue weighted by molar-refractivity contribution is -0.144. The van der Waals surface area contributed by atoms with Crippen LogP contribution in [0.25, 0.3) is 0 Å². The predicted octanol–water partition coefficient (Wildman–Crippen LogP) is 4.21. The first-order chi connectivity index (χ1) is 14.9. The SMILES string of the molecule is CCOC(=O)CN(Cc1ccc(OC)cc1OC)Cc1cc(Br)ccc1C(=O)OCC. The van der Waals surface area contributed by atoms with Crippen LogP contribution in [-0.4, -0.2) is 50.8 Å². The van der Waals surface area contributed by atoms with E-state index >= 15 is 0 Å².